The lowest BCUT2D eigenvalue weighted by atomic mass is 10.0. The van der Waals surface area contributed by atoms with Gasteiger partial charge in [0.15, 0.2) is 5.78 Å². The molecule has 2 aromatic carbocycles. The summed E-state index contributed by atoms with van der Waals surface area (Å²) in [5, 5.41) is 29.4. The number of carbonyl (C=O) groups is 6. The first-order chi connectivity index (χ1) is 21.6. The Balaban J connectivity index is 2.04. The number of phenols is 1. The Morgan fingerprint density at radius 2 is 1.41 bits per heavy atom. The molecule has 2 aromatic rings. The number of aromatic hydroxyl groups is 1. The molecule has 46 heavy (non-hydrogen) atoms. The molecule has 0 saturated carbocycles. The molecule has 250 valence electrons. The van der Waals surface area contributed by atoms with E-state index < -0.39 is 78.5 Å². The van der Waals surface area contributed by atoms with Crippen LogP contribution in [0.25, 0.3) is 0 Å². The Morgan fingerprint density at radius 1 is 0.804 bits per heavy atom. The van der Waals surface area contributed by atoms with Gasteiger partial charge in [0.1, 0.15) is 36.5 Å². The van der Waals surface area contributed by atoms with Crippen LogP contribution in [0.4, 0.5) is 0 Å². The third kappa shape index (κ3) is 12.3. The summed E-state index contributed by atoms with van der Waals surface area (Å²) in [7, 11) is 0. The smallest absolute Gasteiger partial charge is 0.305 e. The number of ether oxygens (including phenoxy) is 1. The van der Waals surface area contributed by atoms with Gasteiger partial charge in [0.25, 0.3) is 0 Å². The molecule has 0 aliphatic heterocycles. The highest BCUT2D eigenvalue weighted by atomic mass is 35.5. The van der Waals surface area contributed by atoms with Crippen LogP contribution in [0.5, 0.6) is 5.75 Å². The van der Waals surface area contributed by atoms with Gasteiger partial charge in [0.05, 0.1) is 13.0 Å². The molecule has 0 fully saturated rings. The summed E-state index contributed by atoms with van der Waals surface area (Å²) in [5.41, 5.74) is 1.08. The minimum absolute atomic E-state index is 0.0322. The molecular weight excluding hydrogens is 643 g/mol. The fraction of sp³-hybridized carbons (Fsp3) is 0.419. The standard InChI is InChI=1S/C31H38Cl2N4O9/c1-16(2)28(37-30(44)25(35-18(4)38)12-19-8-10-20(39)11-9-19)31(45)34-17(3)29(43)36-24(13-27(41)42)26(40)15-46-14-21-22(32)6-5-7-23(21)33/h5-11,16-17,24-25,28,39H,12-15H2,1-4H3,(H,34,45)(H,35,38)(H,36,43)(H,37,44)(H,41,42). The van der Waals surface area contributed by atoms with Gasteiger partial charge < -0.3 is 36.2 Å². The van der Waals surface area contributed by atoms with Crippen molar-refractivity contribution in [3.05, 3.63) is 63.6 Å². The maximum atomic E-state index is 13.2. The number of halogens is 2. The Labute approximate surface area is 276 Å². The van der Waals surface area contributed by atoms with Crippen molar-refractivity contribution in [3.63, 3.8) is 0 Å². The van der Waals surface area contributed by atoms with Gasteiger partial charge in [0, 0.05) is 29.0 Å². The molecular formula is C31H38Cl2N4O9. The number of ketones is 1. The molecule has 0 saturated heterocycles. The van der Waals surface area contributed by atoms with E-state index in [9.17, 15) is 39.0 Å². The molecule has 0 bridgehead atoms. The van der Waals surface area contributed by atoms with Crippen molar-refractivity contribution in [2.75, 3.05) is 6.61 Å². The van der Waals surface area contributed by atoms with E-state index in [4.69, 9.17) is 27.9 Å². The fourth-order valence-corrected chi connectivity index (χ4v) is 4.73. The highest BCUT2D eigenvalue weighted by Crippen LogP contribution is 2.24. The first-order valence-corrected chi connectivity index (χ1v) is 15.1. The fourth-order valence-electron chi connectivity index (χ4n) is 4.22. The first kappa shape index (κ1) is 38.0. The van der Waals surface area contributed by atoms with Gasteiger partial charge in [-0.15, -0.1) is 0 Å². The summed E-state index contributed by atoms with van der Waals surface area (Å²) in [4.78, 5) is 75.3. The number of hydrogen-bond donors (Lipinski definition) is 6. The first-order valence-electron chi connectivity index (χ1n) is 14.3. The third-order valence-corrected chi connectivity index (χ3v) is 7.41. The van der Waals surface area contributed by atoms with Crippen molar-refractivity contribution in [1.29, 1.82) is 0 Å². The predicted octanol–water partition coefficient (Wildman–Crippen LogP) is 2.14. The van der Waals surface area contributed by atoms with E-state index in [1.165, 1.54) is 26.0 Å². The largest absolute Gasteiger partial charge is 0.508 e. The maximum Gasteiger partial charge on any atom is 0.305 e. The van der Waals surface area contributed by atoms with Crippen LogP contribution >= 0.6 is 23.2 Å². The molecule has 0 radical (unpaired) electrons. The van der Waals surface area contributed by atoms with Gasteiger partial charge in [0.2, 0.25) is 23.6 Å². The van der Waals surface area contributed by atoms with Gasteiger partial charge in [-0.25, -0.2) is 0 Å². The average molecular weight is 682 g/mol. The van der Waals surface area contributed by atoms with Crippen LogP contribution in [0.15, 0.2) is 42.5 Å². The maximum absolute atomic E-state index is 13.2. The predicted molar refractivity (Wildman–Crippen MR) is 169 cm³/mol. The lowest BCUT2D eigenvalue weighted by molar-refractivity contribution is -0.141. The SMILES string of the molecule is CC(=O)NC(Cc1ccc(O)cc1)C(=O)NC(C(=O)NC(C)C(=O)NC(CC(=O)O)C(=O)COCc1c(Cl)cccc1Cl)C(C)C. The Morgan fingerprint density at radius 3 is 1.96 bits per heavy atom. The molecule has 0 aliphatic carbocycles. The Bertz CT molecular complexity index is 1400. The van der Waals surface area contributed by atoms with Crippen LogP contribution in [0.1, 0.15) is 45.2 Å². The van der Waals surface area contributed by atoms with E-state index in [1.54, 1.807) is 44.2 Å². The van der Waals surface area contributed by atoms with Crippen molar-refractivity contribution in [1.82, 2.24) is 21.3 Å². The molecule has 4 amide bonds. The average Bonchev–Trinajstić information content (AvgIpc) is 2.96. The van der Waals surface area contributed by atoms with E-state index in [0.29, 0.717) is 21.2 Å². The van der Waals surface area contributed by atoms with Gasteiger partial charge in [-0.05, 0) is 42.7 Å². The monoisotopic (exact) mass is 680 g/mol. The number of carbonyl (C=O) groups excluding carboxylic acids is 5. The second-order valence-electron chi connectivity index (χ2n) is 10.9. The number of rotatable bonds is 17. The van der Waals surface area contributed by atoms with Crippen molar-refractivity contribution < 1.29 is 43.7 Å². The Hall–Kier alpha value is -4.20. The van der Waals surface area contributed by atoms with E-state index in [-0.39, 0.29) is 18.8 Å². The van der Waals surface area contributed by atoms with Crippen LogP contribution in [0.2, 0.25) is 10.0 Å². The molecule has 13 nitrogen and oxygen atoms in total. The summed E-state index contributed by atoms with van der Waals surface area (Å²) in [6.07, 6.45) is -0.664. The second kappa shape index (κ2) is 18.1. The lowest BCUT2D eigenvalue weighted by Gasteiger charge is -2.27. The number of carboxylic acid groups (broad SMARTS) is 1. The minimum atomic E-state index is -1.47. The normalized spacial score (nSPS) is 13.5. The number of amides is 4. The van der Waals surface area contributed by atoms with Crippen LogP contribution in [0, 0.1) is 5.92 Å². The number of nitrogens with one attached hydrogen (secondary N) is 4. The molecule has 15 heteroatoms. The quantitative estimate of drug-likeness (QED) is 0.145. The van der Waals surface area contributed by atoms with Crippen LogP contribution < -0.4 is 21.3 Å². The molecule has 2 rings (SSSR count). The number of carboxylic acids is 1. The van der Waals surface area contributed by atoms with Crippen LogP contribution in [0.3, 0.4) is 0 Å². The van der Waals surface area contributed by atoms with Gasteiger partial charge in [-0.1, -0.05) is 55.2 Å². The van der Waals surface area contributed by atoms with E-state index in [0.717, 1.165) is 0 Å². The zero-order chi connectivity index (χ0) is 34.6. The third-order valence-electron chi connectivity index (χ3n) is 6.71. The van der Waals surface area contributed by atoms with Gasteiger partial charge in [-0.2, -0.15) is 0 Å². The second-order valence-corrected chi connectivity index (χ2v) is 11.7. The topological polar surface area (TPSA) is 200 Å². The number of phenolic OH excluding ortho intramolecular Hbond substituents is 1. The number of aliphatic carboxylic acids is 1. The minimum Gasteiger partial charge on any atom is -0.508 e. The number of hydrogen-bond acceptors (Lipinski definition) is 8. The number of Topliss-reactive ketones (excluding diaryl/α,β-unsaturated/α-hetero) is 1. The molecule has 0 spiro atoms. The highest BCUT2D eigenvalue weighted by molar-refractivity contribution is 6.35. The molecule has 0 aliphatic rings. The van der Waals surface area contributed by atoms with Crippen LogP contribution in [-0.2, 0) is 46.5 Å². The number of benzene rings is 2. The van der Waals surface area contributed by atoms with Crippen LogP contribution in [-0.4, -0.2) is 76.4 Å². The summed E-state index contributed by atoms with van der Waals surface area (Å²) in [5.74, 6) is -5.20. The lowest BCUT2D eigenvalue weighted by Crippen LogP contribution is -2.58. The van der Waals surface area contributed by atoms with Crippen molar-refractivity contribution in [2.24, 2.45) is 5.92 Å². The Kier molecular flexibility index (Phi) is 14.9. The molecule has 4 atom stereocenters. The summed E-state index contributed by atoms with van der Waals surface area (Å²) in [6, 6.07) is 6.00. The summed E-state index contributed by atoms with van der Waals surface area (Å²) >= 11 is 12.2. The zero-order valence-electron chi connectivity index (χ0n) is 25.8. The molecule has 4 unspecified atom stereocenters. The van der Waals surface area contributed by atoms with E-state index in [2.05, 4.69) is 21.3 Å². The van der Waals surface area contributed by atoms with Crippen molar-refractivity contribution in [2.45, 2.75) is 71.3 Å². The highest BCUT2D eigenvalue weighted by Gasteiger charge is 2.31. The van der Waals surface area contributed by atoms with Gasteiger partial charge in [-0.3, -0.25) is 28.8 Å². The van der Waals surface area contributed by atoms with Crippen molar-refractivity contribution >= 4 is 58.6 Å². The van der Waals surface area contributed by atoms with E-state index in [1.807, 2.05) is 0 Å². The van der Waals surface area contributed by atoms with Crippen molar-refractivity contribution in [3.8, 4) is 5.75 Å². The van der Waals surface area contributed by atoms with Gasteiger partial charge >= 0.3 is 5.97 Å². The molecule has 6 N–H and O–H groups in total. The summed E-state index contributed by atoms with van der Waals surface area (Å²) in [6.45, 7) is 5.22. The summed E-state index contributed by atoms with van der Waals surface area (Å²) < 4.78 is 5.38. The molecule has 0 heterocycles. The van der Waals surface area contributed by atoms with E-state index >= 15 is 0 Å². The zero-order valence-corrected chi connectivity index (χ0v) is 27.3. The molecule has 0 aromatic heterocycles.